The van der Waals surface area contributed by atoms with E-state index in [0.717, 1.165) is 12.8 Å². The molecule has 1 fully saturated rings. The van der Waals surface area contributed by atoms with E-state index in [2.05, 4.69) is 16.3 Å². The third-order valence-electron chi connectivity index (χ3n) is 3.88. The summed E-state index contributed by atoms with van der Waals surface area (Å²) < 4.78 is 26.6. The van der Waals surface area contributed by atoms with E-state index in [1.54, 1.807) is 12.1 Å². The van der Waals surface area contributed by atoms with Crippen LogP contribution >= 0.6 is 11.8 Å². The van der Waals surface area contributed by atoms with Crippen LogP contribution in [0.2, 0.25) is 0 Å². The van der Waals surface area contributed by atoms with Crippen LogP contribution in [0.4, 0.5) is 11.4 Å². The zero-order valence-corrected chi connectivity index (χ0v) is 14.1. The van der Waals surface area contributed by atoms with E-state index < -0.39 is 10.0 Å². The Balaban J connectivity index is 2.24. The molecule has 0 aliphatic heterocycles. The van der Waals surface area contributed by atoms with Gasteiger partial charge in [-0.15, -0.1) is 0 Å². The van der Waals surface area contributed by atoms with Gasteiger partial charge in [0, 0.05) is 17.0 Å². The molecule has 7 heteroatoms. The van der Waals surface area contributed by atoms with Crippen LogP contribution in [0.3, 0.4) is 0 Å². The van der Waals surface area contributed by atoms with Crippen molar-refractivity contribution in [1.29, 1.82) is 0 Å². The van der Waals surface area contributed by atoms with Crippen molar-refractivity contribution in [2.75, 3.05) is 24.4 Å². The summed E-state index contributed by atoms with van der Waals surface area (Å²) in [6, 6.07) is 5.29. The lowest BCUT2D eigenvalue weighted by atomic mass is 9.95. The van der Waals surface area contributed by atoms with E-state index >= 15 is 0 Å². The van der Waals surface area contributed by atoms with Crippen LogP contribution in [0.25, 0.3) is 0 Å². The van der Waals surface area contributed by atoms with E-state index in [9.17, 15) is 8.42 Å². The minimum absolute atomic E-state index is 0.219. The number of sulfonamides is 1. The highest BCUT2D eigenvalue weighted by Gasteiger charge is 2.24. The Morgan fingerprint density at radius 1 is 1.33 bits per heavy atom. The smallest absolute Gasteiger partial charge is 0.242 e. The van der Waals surface area contributed by atoms with Crippen molar-refractivity contribution < 1.29 is 8.42 Å². The Hall–Kier alpha value is -0.920. The summed E-state index contributed by atoms with van der Waals surface area (Å²) in [5.74, 6) is 0. The monoisotopic (exact) mass is 329 g/mol. The number of hydrogen-bond acceptors (Lipinski definition) is 5. The molecule has 1 aliphatic rings. The van der Waals surface area contributed by atoms with Crippen molar-refractivity contribution in [3.05, 3.63) is 18.2 Å². The molecule has 0 heterocycles. The molecule has 0 aromatic heterocycles. The van der Waals surface area contributed by atoms with Crippen LogP contribution in [-0.4, -0.2) is 33.0 Å². The number of nitrogens with two attached hydrogens (primary N) is 1. The van der Waals surface area contributed by atoms with Gasteiger partial charge in [-0.05, 0) is 50.8 Å². The summed E-state index contributed by atoms with van der Waals surface area (Å²) in [5, 5.41) is 4.04. The maximum Gasteiger partial charge on any atom is 0.242 e. The second kappa shape index (κ2) is 6.89. The van der Waals surface area contributed by atoms with Gasteiger partial charge in [-0.25, -0.2) is 13.1 Å². The summed E-state index contributed by atoms with van der Waals surface area (Å²) in [6.45, 7) is 0. The number of nitrogen functional groups attached to an aromatic ring is 1. The number of anilines is 2. The van der Waals surface area contributed by atoms with Crippen LogP contribution in [0.5, 0.6) is 0 Å². The molecule has 0 radical (unpaired) electrons. The maximum absolute atomic E-state index is 12.1. The van der Waals surface area contributed by atoms with Gasteiger partial charge in [0.1, 0.15) is 4.90 Å². The summed E-state index contributed by atoms with van der Waals surface area (Å²) in [4.78, 5) is 0.219. The average molecular weight is 329 g/mol. The van der Waals surface area contributed by atoms with Crippen molar-refractivity contribution in [2.45, 2.75) is 41.9 Å². The molecule has 0 amide bonds. The zero-order chi connectivity index (χ0) is 15.5. The molecule has 118 valence electrons. The molecule has 2 atom stereocenters. The molecule has 21 heavy (non-hydrogen) atoms. The molecule has 4 N–H and O–H groups in total. The number of rotatable bonds is 5. The highest BCUT2D eigenvalue weighted by atomic mass is 32.2. The number of hydrogen-bond donors (Lipinski definition) is 3. The van der Waals surface area contributed by atoms with Gasteiger partial charge in [0.2, 0.25) is 10.0 Å². The van der Waals surface area contributed by atoms with Crippen LogP contribution in [0, 0.1) is 0 Å². The first-order chi connectivity index (χ1) is 9.96. The van der Waals surface area contributed by atoms with Gasteiger partial charge in [-0.3, -0.25) is 0 Å². The quantitative estimate of drug-likeness (QED) is 0.722. The normalized spacial score (nSPS) is 23.0. The summed E-state index contributed by atoms with van der Waals surface area (Å²) in [6.07, 6.45) is 6.67. The first-order valence-electron chi connectivity index (χ1n) is 7.08. The molecule has 5 nitrogen and oxygen atoms in total. The van der Waals surface area contributed by atoms with E-state index in [1.807, 2.05) is 11.8 Å². The minimum Gasteiger partial charge on any atom is -0.399 e. The van der Waals surface area contributed by atoms with E-state index in [0.29, 0.717) is 22.7 Å². The topological polar surface area (TPSA) is 84.2 Å². The molecule has 1 aromatic carbocycles. The molecule has 2 unspecified atom stereocenters. The Morgan fingerprint density at radius 2 is 2.10 bits per heavy atom. The Bertz CT molecular complexity index is 590. The molecule has 0 spiro atoms. The third kappa shape index (κ3) is 4.05. The predicted octanol–water partition coefficient (Wildman–Crippen LogP) is 2.26. The number of nitrogens with one attached hydrogen (secondary N) is 2. The van der Waals surface area contributed by atoms with Crippen molar-refractivity contribution >= 4 is 33.2 Å². The van der Waals surface area contributed by atoms with E-state index in [1.165, 1.54) is 26.0 Å². The van der Waals surface area contributed by atoms with Gasteiger partial charge in [-0.1, -0.05) is 6.42 Å². The second-order valence-corrected chi connectivity index (χ2v) is 8.32. The SMILES string of the molecule is CNS(=O)(=O)c1cc(N)ccc1NC1CCCC(SC)C1. The Morgan fingerprint density at radius 3 is 2.76 bits per heavy atom. The van der Waals surface area contributed by atoms with Crippen LogP contribution in [-0.2, 0) is 10.0 Å². The van der Waals surface area contributed by atoms with Crippen molar-refractivity contribution in [1.82, 2.24) is 4.72 Å². The highest BCUT2D eigenvalue weighted by molar-refractivity contribution is 7.99. The van der Waals surface area contributed by atoms with E-state index in [4.69, 9.17) is 5.73 Å². The maximum atomic E-state index is 12.1. The summed E-state index contributed by atoms with van der Waals surface area (Å²) in [7, 11) is -2.11. The van der Waals surface area contributed by atoms with Gasteiger partial charge < -0.3 is 11.1 Å². The third-order valence-corrected chi connectivity index (χ3v) is 6.43. The summed E-state index contributed by atoms with van der Waals surface area (Å²) in [5.41, 5.74) is 6.81. The Labute approximate surface area is 131 Å². The van der Waals surface area contributed by atoms with Gasteiger partial charge in [0.15, 0.2) is 0 Å². The largest absolute Gasteiger partial charge is 0.399 e. The molecule has 1 aromatic rings. The molecule has 1 aliphatic carbocycles. The average Bonchev–Trinajstić information content (AvgIpc) is 2.49. The molecular weight excluding hydrogens is 306 g/mol. The first-order valence-corrected chi connectivity index (χ1v) is 9.85. The fourth-order valence-electron chi connectivity index (χ4n) is 2.70. The lowest BCUT2D eigenvalue weighted by Crippen LogP contribution is -2.30. The Kier molecular flexibility index (Phi) is 5.40. The van der Waals surface area contributed by atoms with Gasteiger partial charge in [-0.2, -0.15) is 11.8 Å². The zero-order valence-electron chi connectivity index (χ0n) is 12.4. The second-order valence-electron chi connectivity index (χ2n) is 5.33. The number of benzene rings is 1. The standard InChI is InChI=1S/C14H23N3O2S2/c1-16-21(18,19)14-8-10(15)6-7-13(14)17-11-4-3-5-12(9-11)20-2/h6-8,11-12,16-17H,3-5,9,15H2,1-2H3. The summed E-state index contributed by atoms with van der Waals surface area (Å²) >= 11 is 1.89. The molecule has 0 saturated heterocycles. The molecule has 0 bridgehead atoms. The van der Waals surface area contributed by atoms with Crippen LogP contribution in [0.1, 0.15) is 25.7 Å². The minimum atomic E-state index is -3.52. The molecular formula is C14H23N3O2S2. The number of thioether (sulfide) groups is 1. The fourth-order valence-corrected chi connectivity index (χ4v) is 4.46. The molecule has 1 saturated carbocycles. The van der Waals surface area contributed by atoms with E-state index in [-0.39, 0.29) is 4.90 Å². The molecule has 2 rings (SSSR count). The van der Waals surface area contributed by atoms with Gasteiger partial charge in [0.25, 0.3) is 0 Å². The highest BCUT2D eigenvalue weighted by Crippen LogP contribution is 2.31. The fraction of sp³-hybridized carbons (Fsp3) is 0.571. The van der Waals surface area contributed by atoms with Crippen molar-refractivity contribution in [3.63, 3.8) is 0 Å². The van der Waals surface area contributed by atoms with Crippen LogP contribution in [0.15, 0.2) is 23.1 Å². The van der Waals surface area contributed by atoms with Gasteiger partial charge in [0.05, 0.1) is 5.69 Å². The van der Waals surface area contributed by atoms with Crippen molar-refractivity contribution in [2.24, 2.45) is 0 Å². The van der Waals surface area contributed by atoms with Crippen LogP contribution < -0.4 is 15.8 Å². The lowest BCUT2D eigenvalue weighted by Gasteiger charge is -2.30. The van der Waals surface area contributed by atoms with Gasteiger partial charge >= 0.3 is 0 Å². The first kappa shape index (κ1) is 16.5. The van der Waals surface area contributed by atoms with Crippen molar-refractivity contribution in [3.8, 4) is 0 Å². The predicted molar refractivity (Wildman–Crippen MR) is 90.3 cm³/mol. The lowest BCUT2D eigenvalue weighted by molar-refractivity contribution is 0.473.